The van der Waals surface area contributed by atoms with Gasteiger partial charge in [0.1, 0.15) is 17.0 Å². The molecule has 10 aromatic rings. The lowest BCUT2D eigenvalue weighted by Crippen LogP contribution is -2.45. The van der Waals surface area contributed by atoms with E-state index in [4.69, 9.17) is 48.6 Å². The van der Waals surface area contributed by atoms with Crippen LogP contribution in [0.4, 0.5) is 0 Å². The third-order valence-corrected chi connectivity index (χ3v) is 10.8. The van der Waals surface area contributed by atoms with Crippen LogP contribution < -0.4 is 0 Å². The number of fused-ring (bicyclic) bond motifs is 6. The van der Waals surface area contributed by atoms with E-state index in [1.54, 1.807) is 0 Å². The van der Waals surface area contributed by atoms with Gasteiger partial charge in [-0.3, -0.25) is 4.57 Å². The number of imidazole rings is 1. The number of aromatic nitrogens is 2. The average Bonchev–Trinajstić information content (AvgIpc) is 3.79. The molecule has 0 N–H and O–H groups in total. The Morgan fingerprint density at radius 3 is 1.91 bits per heavy atom. The molecule has 2 aromatic heterocycles. The lowest BCUT2D eigenvalue weighted by Gasteiger charge is -2.41. The van der Waals surface area contributed by atoms with Crippen LogP contribution in [0.25, 0.3) is 93.6 Å². The molecule has 246 valence electrons. The lowest BCUT2D eigenvalue weighted by atomic mass is 9.23. The van der Waals surface area contributed by atoms with Crippen molar-refractivity contribution in [2.45, 2.75) is 10.3 Å². The van der Waals surface area contributed by atoms with Crippen molar-refractivity contribution in [3.05, 3.63) is 170 Å². The Morgan fingerprint density at radius 1 is 0.473 bits per heavy atom. The van der Waals surface area contributed by atoms with E-state index in [-0.39, 0.29) is 5.82 Å². The fourth-order valence-electron chi connectivity index (χ4n) is 8.13. The summed E-state index contributed by atoms with van der Waals surface area (Å²) in [4.78, 5) is 4.82. The summed E-state index contributed by atoms with van der Waals surface area (Å²) in [5.74, 6) is 0.247. The van der Waals surface area contributed by atoms with Gasteiger partial charge in [-0.05, 0) is 97.4 Å². The number of nitrogens with zero attached hydrogens (tertiary/aromatic N) is 2. The Hall–Kier alpha value is -6.13. The normalized spacial score (nSPS) is 12.4. The van der Waals surface area contributed by atoms with E-state index in [0.717, 1.165) is 88.1 Å². The molecule has 10 rings (SSSR count). The van der Waals surface area contributed by atoms with Crippen LogP contribution >= 0.6 is 0 Å². The molecule has 0 aliphatic carbocycles. The van der Waals surface area contributed by atoms with Crippen molar-refractivity contribution >= 4 is 93.7 Å². The standard InChI is InChI=1S/C47H27B5N2O/c48-46(49,47(50,51)52)45-53-38-20-7-8-21-39(38)54(45)31-15-10-14-30(26-31)42-32-16-4-5-17-33(32)43(37-27-29(24-25-34(37)42)28-12-2-1-3-13-28)36-19-11-23-41-44(36)35-18-6-9-22-40(35)55-41/h1-27H. The van der Waals surface area contributed by atoms with Gasteiger partial charge < -0.3 is 4.42 Å². The molecule has 0 atom stereocenters. The van der Waals surface area contributed by atoms with E-state index in [0.29, 0.717) is 5.52 Å². The Kier molecular flexibility index (Phi) is 7.58. The predicted molar refractivity (Wildman–Crippen MR) is 233 cm³/mol. The van der Waals surface area contributed by atoms with Crippen LogP contribution in [0.3, 0.4) is 0 Å². The minimum Gasteiger partial charge on any atom is -0.456 e. The van der Waals surface area contributed by atoms with Crippen molar-refractivity contribution in [3.63, 3.8) is 0 Å². The van der Waals surface area contributed by atoms with Crippen molar-refractivity contribution in [2.75, 3.05) is 0 Å². The molecule has 0 amide bonds. The van der Waals surface area contributed by atoms with Crippen LogP contribution in [0, 0.1) is 0 Å². The fourth-order valence-corrected chi connectivity index (χ4v) is 8.13. The number of rotatable bonds is 6. The molecule has 55 heavy (non-hydrogen) atoms. The number of hydrogen-bond donors (Lipinski definition) is 0. The summed E-state index contributed by atoms with van der Waals surface area (Å²) < 4.78 is 8.31. The topological polar surface area (TPSA) is 31.0 Å². The molecule has 0 bridgehead atoms. The summed E-state index contributed by atoms with van der Waals surface area (Å²) >= 11 is 0. The first kappa shape index (κ1) is 33.4. The zero-order valence-corrected chi connectivity index (χ0v) is 29.8. The van der Waals surface area contributed by atoms with Gasteiger partial charge in [0, 0.05) is 16.5 Å². The number of para-hydroxylation sites is 3. The molecule has 0 aliphatic heterocycles. The summed E-state index contributed by atoms with van der Waals surface area (Å²) in [7, 11) is 31.8. The van der Waals surface area contributed by atoms with Crippen LogP contribution in [0.1, 0.15) is 5.82 Å². The molecule has 8 aromatic carbocycles. The lowest BCUT2D eigenvalue weighted by molar-refractivity contribution is 0.669. The van der Waals surface area contributed by atoms with Gasteiger partial charge in [-0.25, -0.2) is 4.98 Å². The van der Waals surface area contributed by atoms with E-state index in [2.05, 4.69) is 103 Å². The first-order valence-electron chi connectivity index (χ1n) is 18.2. The van der Waals surface area contributed by atoms with E-state index in [1.165, 1.54) is 0 Å². The maximum Gasteiger partial charge on any atom is 0.136 e. The van der Waals surface area contributed by atoms with Gasteiger partial charge in [0.2, 0.25) is 0 Å². The molecule has 0 aliphatic rings. The minimum absolute atomic E-state index is 0.247. The smallest absolute Gasteiger partial charge is 0.136 e. The van der Waals surface area contributed by atoms with Crippen molar-refractivity contribution < 1.29 is 4.42 Å². The quantitative estimate of drug-likeness (QED) is 0.129. The third-order valence-electron chi connectivity index (χ3n) is 10.8. The highest BCUT2D eigenvalue weighted by molar-refractivity contribution is 6.67. The monoisotopic (exact) mass is 690 g/mol. The maximum absolute atomic E-state index is 6.63. The van der Waals surface area contributed by atoms with Crippen molar-refractivity contribution in [1.82, 2.24) is 9.55 Å². The van der Waals surface area contributed by atoms with Gasteiger partial charge in [0.05, 0.1) is 50.3 Å². The maximum atomic E-state index is 6.63. The fraction of sp³-hybridized carbons (Fsp3) is 0.0426. The van der Waals surface area contributed by atoms with E-state index in [9.17, 15) is 0 Å². The molecule has 2 heterocycles. The summed E-state index contributed by atoms with van der Waals surface area (Å²) in [6.45, 7) is 0. The van der Waals surface area contributed by atoms with Crippen LogP contribution in [-0.2, 0) is 5.21 Å². The Balaban J connectivity index is 1.30. The van der Waals surface area contributed by atoms with Gasteiger partial charge in [0.15, 0.2) is 0 Å². The summed E-state index contributed by atoms with van der Waals surface area (Å²) in [5, 5.41) is 2.77. The second-order valence-corrected chi connectivity index (χ2v) is 14.3. The van der Waals surface area contributed by atoms with Gasteiger partial charge >= 0.3 is 0 Å². The Morgan fingerprint density at radius 2 is 1.11 bits per heavy atom. The largest absolute Gasteiger partial charge is 0.456 e. The Labute approximate surface area is 325 Å². The molecule has 0 saturated heterocycles. The SMILES string of the molecule is [B]C([B])([B])C([B])([B])c1nc2ccccc2n1-c1cccc(-c2c3ccccc3c(-c3cccc4oc5ccccc5c34)c3cc(-c4ccccc4)ccc23)c1. The molecule has 0 unspecified atom stereocenters. The highest BCUT2D eigenvalue weighted by Gasteiger charge is 2.36. The second kappa shape index (κ2) is 12.5. The number of furan rings is 1. The number of hydrogen-bond acceptors (Lipinski definition) is 2. The summed E-state index contributed by atoms with van der Waals surface area (Å²) in [5.41, 5.74) is 10.6. The molecule has 0 spiro atoms. The molecule has 0 fully saturated rings. The molecule has 0 saturated carbocycles. The van der Waals surface area contributed by atoms with Crippen molar-refractivity contribution in [2.24, 2.45) is 0 Å². The highest BCUT2D eigenvalue weighted by atomic mass is 16.3. The van der Waals surface area contributed by atoms with Gasteiger partial charge in [-0.15, -0.1) is 5.11 Å². The second-order valence-electron chi connectivity index (χ2n) is 14.3. The molecular weight excluding hydrogens is 663 g/mol. The van der Waals surface area contributed by atoms with Crippen LogP contribution in [0.15, 0.2) is 168 Å². The van der Waals surface area contributed by atoms with Gasteiger partial charge in [0.25, 0.3) is 0 Å². The van der Waals surface area contributed by atoms with Crippen molar-refractivity contribution in [1.29, 1.82) is 0 Å². The Bertz CT molecular complexity index is 3120. The zero-order valence-electron chi connectivity index (χ0n) is 29.8. The zero-order chi connectivity index (χ0) is 37.5. The van der Waals surface area contributed by atoms with Crippen molar-refractivity contribution in [3.8, 4) is 39.1 Å². The highest BCUT2D eigenvalue weighted by Crippen LogP contribution is 2.48. The summed E-state index contributed by atoms with van der Waals surface area (Å²) in [6, 6.07) is 56.5. The molecule has 10 radical (unpaired) electrons. The minimum atomic E-state index is -1.97. The van der Waals surface area contributed by atoms with Crippen LogP contribution in [-0.4, -0.2) is 48.8 Å². The molecular formula is C47H27B5N2O. The first-order valence-corrected chi connectivity index (χ1v) is 18.2. The number of benzene rings is 8. The third kappa shape index (κ3) is 5.22. The van der Waals surface area contributed by atoms with E-state index in [1.807, 2.05) is 65.2 Å². The molecule has 8 heteroatoms. The predicted octanol–water partition coefficient (Wildman–Crippen LogP) is 10.3. The van der Waals surface area contributed by atoms with Gasteiger partial charge in [-0.1, -0.05) is 127 Å². The first-order chi connectivity index (χ1) is 26.7. The average molecular weight is 690 g/mol. The van der Waals surface area contributed by atoms with Gasteiger partial charge in [-0.2, -0.15) is 0 Å². The van der Waals surface area contributed by atoms with E-state index >= 15 is 0 Å². The van der Waals surface area contributed by atoms with Crippen LogP contribution in [0.2, 0.25) is 5.11 Å². The van der Waals surface area contributed by atoms with E-state index < -0.39 is 10.3 Å². The van der Waals surface area contributed by atoms with Crippen LogP contribution in [0.5, 0.6) is 0 Å². The molecule has 3 nitrogen and oxygen atoms in total. The summed E-state index contributed by atoms with van der Waals surface area (Å²) in [6.07, 6.45) is 0.